The Morgan fingerprint density at radius 3 is 2.33 bits per heavy atom. The summed E-state index contributed by atoms with van der Waals surface area (Å²) >= 11 is 6.70. The number of carbonyl (C=O) groups excluding carboxylic acids is 1. The van der Waals surface area contributed by atoms with Gasteiger partial charge in [0.2, 0.25) is 10.0 Å². The summed E-state index contributed by atoms with van der Waals surface area (Å²) in [5, 5.41) is 7.67. The van der Waals surface area contributed by atoms with Crippen LogP contribution in [0.5, 0.6) is 5.75 Å². The van der Waals surface area contributed by atoms with Crippen molar-refractivity contribution >= 4 is 53.5 Å². The van der Waals surface area contributed by atoms with Crippen LogP contribution >= 0.6 is 31.9 Å². The first-order valence-electron chi connectivity index (χ1n) is 6.72. The van der Waals surface area contributed by atoms with Gasteiger partial charge < -0.3 is 10.1 Å². The van der Waals surface area contributed by atoms with Crippen LogP contribution in [0.3, 0.4) is 0 Å². The Kier molecular flexibility index (Phi) is 6.02. The number of sulfonamides is 1. The minimum absolute atomic E-state index is 0.0245. The molecule has 2 aromatic rings. The van der Waals surface area contributed by atoms with Crippen LogP contribution in [0.25, 0.3) is 0 Å². The van der Waals surface area contributed by atoms with Crippen molar-refractivity contribution in [2.75, 3.05) is 5.32 Å². The third-order valence-electron chi connectivity index (χ3n) is 3.02. The van der Waals surface area contributed by atoms with E-state index in [0.29, 0.717) is 15.9 Å². The number of halogens is 2. The molecular formula is C15H14Br2N2O4S. The lowest BCUT2D eigenvalue weighted by molar-refractivity contribution is -0.122. The third kappa shape index (κ3) is 5.04. The van der Waals surface area contributed by atoms with Crippen molar-refractivity contribution in [2.45, 2.75) is 17.9 Å². The third-order valence-corrected chi connectivity index (χ3v) is 5.06. The number of ether oxygens (including phenoxy) is 1. The second kappa shape index (κ2) is 7.64. The molecule has 0 aromatic heterocycles. The fraction of sp³-hybridized carbons (Fsp3) is 0.133. The Morgan fingerprint density at radius 2 is 1.79 bits per heavy atom. The SMILES string of the molecule is CC(Oc1ccc(Br)cc1Br)C(=O)Nc1ccc(S(N)(=O)=O)cc1. The molecule has 0 aliphatic carbocycles. The van der Waals surface area contributed by atoms with E-state index in [-0.39, 0.29) is 10.8 Å². The molecule has 0 radical (unpaired) electrons. The molecule has 0 aliphatic heterocycles. The molecular weight excluding hydrogens is 464 g/mol. The summed E-state index contributed by atoms with van der Waals surface area (Å²) < 4.78 is 29.6. The molecule has 0 fully saturated rings. The monoisotopic (exact) mass is 476 g/mol. The molecule has 0 aliphatic rings. The topological polar surface area (TPSA) is 98.5 Å². The maximum atomic E-state index is 12.2. The van der Waals surface area contributed by atoms with E-state index < -0.39 is 16.1 Å². The van der Waals surface area contributed by atoms with Crippen LogP contribution in [0.1, 0.15) is 6.92 Å². The van der Waals surface area contributed by atoms with Crippen molar-refractivity contribution in [2.24, 2.45) is 5.14 Å². The van der Waals surface area contributed by atoms with Gasteiger partial charge in [0.25, 0.3) is 5.91 Å². The van der Waals surface area contributed by atoms with Gasteiger partial charge in [0.1, 0.15) is 5.75 Å². The maximum Gasteiger partial charge on any atom is 0.265 e. The molecule has 9 heteroatoms. The summed E-state index contributed by atoms with van der Waals surface area (Å²) in [4.78, 5) is 12.1. The second-order valence-electron chi connectivity index (χ2n) is 4.89. The van der Waals surface area contributed by atoms with Crippen LogP contribution in [0.2, 0.25) is 0 Å². The summed E-state index contributed by atoms with van der Waals surface area (Å²) in [5.41, 5.74) is 0.442. The average molecular weight is 478 g/mol. The molecule has 2 rings (SSSR count). The Bertz CT molecular complexity index is 854. The van der Waals surface area contributed by atoms with Crippen molar-refractivity contribution in [3.05, 3.63) is 51.4 Å². The number of hydrogen-bond donors (Lipinski definition) is 2. The Balaban J connectivity index is 2.03. The van der Waals surface area contributed by atoms with E-state index in [2.05, 4.69) is 37.2 Å². The quantitative estimate of drug-likeness (QED) is 0.690. The highest BCUT2D eigenvalue weighted by molar-refractivity contribution is 9.11. The standard InChI is InChI=1S/C15H14Br2N2O4S/c1-9(23-14-7-2-10(16)8-13(14)17)15(20)19-11-3-5-12(6-4-11)24(18,21)22/h2-9H,1H3,(H,19,20)(H2,18,21,22). The number of rotatable bonds is 5. The van der Waals surface area contributed by atoms with Gasteiger partial charge in [-0.05, 0) is 65.3 Å². The number of nitrogens with one attached hydrogen (secondary N) is 1. The molecule has 0 heterocycles. The van der Waals surface area contributed by atoms with Crippen LogP contribution in [-0.2, 0) is 14.8 Å². The first kappa shape index (κ1) is 18.9. The molecule has 0 saturated heterocycles. The van der Waals surface area contributed by atoms with E-state index in [9.17, 15) is 13.2 Å². The lowest BCUT2D eigenvalue weighted by Crippen LogP contribution is -2.30. The summed E-state index contributed by atoms with van der Waals surface area (Å²) in [6.07, 6.45) is -0.750. The number of hydrogen-bond acceptors (Lipinski definition) is 4. The first-order chi connectivity index (χ1) is 11.2. The zero-order chi connectivity index (χ0) is 17.9. The van der Waals surface area contributed by atoms with Crippen LogP contribution in [-0.4, -0.2) is 20.4 Å². The summed E-state index contributed by atoms with van der Waals surface area (Å²) in [7, 11) is -3.76. The fourth-order valence-electron chi connectivity index (χ4n) is 1.79. The number of primary sulfonamides is 1. The maximum absolute atomic E-state index is 12.2. The fourth-order valence-corrected chi connectivity index (χ4v) is 3.44. The minimum Gasteiger partial charge on any atom is -0.480 e. The highest BCUT2D eigenvalue weighted by Crippen LogP contribution is 2.29. The Hall–Kier alpha value is -1.42. The molecule has 0 saturated carbocycles. The van der Waals surface area contributed by atoms with E-state index >= 15 is 0 Å². The molecule has 1 atom stereocenters. The number of nitrogens with two attached hydrogens (primary N) is 1. The van der Waals surface area contributed by atoms with E-state index in [4.69, 9.17) is 9.88 Å². The van der Waals surface area contributed by atoms with Crippen LogP contribution < -0.4 is 15.2 Å². The van der Waals surface area contributed by atoms with Gasteiger partial charge in [0.05, 0.1) is 9.37 Å². The second-order valence-corrected chi connectivity index (χ2v) is 8.22. The number of amides is 1. The zero-order valence-electron chi connectivity index (χ0n) is 12.5. The Labute approximate surface area is 156 Å². The normalized spacial score (nSPS) is 12.5. The molecule has 1 unspecified atom stereocenters. The van der Waals surface area contributed by atoms with Crippen molar-refractivity contribution in [3.8, 4) is 5.75 Å². The van der Waals surface area contributed by atoms with E-state index in [1.807, 2.05) is 6.07 Å². The number of anilines is 1. The molecule has 128 valence electrons. The van der Waals surface area contributed by atoms with Gasteiger partial charge in [0.15, 0.2) is 6.10 Å². The summed E-state index contributed by atoms with van der Waals surface area (Å²) in [5.74, 6) is 0.165. The predicted molar refractivity (Wildman–Crippen MR) is 98.4 cm³/mol. The molecule has 0 spiro atoms. The van der Waals surface area contributed by atoms with E-state index in [1.165, 1.54) is 24.3 Å². The number of carbonyl (C=O) groups is 1. The predicted octanol–water partition coefficient (Wildman–Crippen LogP) is 3.27. The van der Waals surface area contributed by atoms with Crippen molar-refractivity contribution < 1.29 is 17.9 Å². The average Bonchev–Trinajstić information content (AvgIpc) is 2.49. The van der Waals surface area contributed by atoms with Crippen LogP contribution in [0.15, 0.2) is 56.3 Å². The smallest absolute Gasteiger partial charge is 0.265 e. The van der Waals surface area contributed by atoms with Crippen LogP contribution in [0.4, 0.5) is 5.69 Å². The van der Waals surface area contributed by atoms with Gasteiger partial charge in [-0.1, -0.05) is 15.9 Å². The van der Waals surface area contributed by atoms with E-state index in [0.717, 1.165) is 4.47 Å². The molecule has 0 bridgehead atoms. The highest BCUT2D eigenvalue weighted by atomic mass is 79.9. The summed E-state index contributed by atoms with van der Waals surface area (Å²) in [6, 6.07) is 10.9. The first-order valence-corrected chi connectivity index (χ1v) is 9.85. The lowest BCUT2D eigenvalue weighted by atomic mass is 10.3. The molecule has 6 nitrogen and oxygen atoms in total. The molecule has 2 aromatic carbocycles. The lowest BCUT2D eigenvalue weighted by Gasteiger charge is -2.16. The van der Waals surface area contributed by atoms with Gasteiger partial charge in [-0.15, -0.1) is 0 Å². The number of benzene rings is 2. The molecule has 1 amide bonds. The van der Waals surface area contributed by atoms with Gasteiger partial charge in [0, 0.05) is 10.2 Å². The highest BCUT2D eigenvalue weighted by Gasteiger charge is 2.17. The summed E-state index contributed by atoms with van der Waals surface area (Å²) in [6.45, 7) is 1.61. The van der Waals surface area contributed by atoms with Crippen molar-refractivity contribution in [3.63, 3.8) is 0 Å². The Morgan fingerprint density at radius 1 is 1.17 bits per heavy atom. The van der Waals surface area contributed by atoms with E-state index in [1.54, 1.807) is 19.1 Å². The van der Waals surface area contributed by atoms with Gasteiger partial charge in [-0.2, -0.15) is 0 Å². The van der Waals surface area contributed by atoms with Crippen LogP contribution in [0, 0.1) is 0 Å². The van der Waals surface area contributed by atoms with Crippen molar-refractivity contribution in [1.82, 2.24) is 0 Å². The van der Waals surface area contributed by atoms with Gasteiger partial charge >= 0.3 is 0 Å². The minimum atomic E-state index is -3.76. The van der Waals surface area contributed by atoms with Crippen molar-refractivity contribution in [1.29, 1.82) is 0 Å². The molecule has 3 N–H and O–H groups in total. The molecule has 24 heavy (non-hydrogen) atoms. The van der Waals surface area contributed by atoms with Gasteiger partial charge in [-0.25, -0.2) is 13.6 Å². The zero-order valence-corrected chi connectivity index (χ0v) is 16.5. The van der Waals surface area contributed by atoms with Gasteiger partial charge in [-0.3, -0.25) is 4.79 Å². The largest absolute Gasteiger partial charge is 0.480 e.